The molecule has 8 nitrogen and oxygen atoms in total. The third-order valence-corrected chi connectivity index (χ3v) is 8.59. The van der Waals surface area contributed by atoms with E-state index in [2.05, 4.69) is 17.9 Å². The fourth-order valence-electron chi connectivity index (χ4n) is 5.37. The molecule has 9 heteroatoms. The number of benzene rings is 2. The van der Waals surface area contributed by atoms with Gasteiger partial charge in [-0.15, -0.1) is 11.3 Å². The molecule has 2 aromatic carbocycles. The molecule has 0 unspecified atom stereocenters. The van der Waals surface area contributed by atoms with Crippen molar-refractivity contribution >= 4 is 38.2 Å². The number of methoxy groups -OCH3 is 1. The Bertz CT molecular complexity index is 1570. The number of unbranched alkanes of at least 4 members (excludes halogenated alkanes) is 1. The van der Waals surface area contributed by atoms with Gasteiger partial charge < -0.3 is 23.7 Å². The lowest BCUT2D eigenvalue weighted by atomic mass is 10.1. The Balaban J connectivity index is 1.26. The number of ether oxygens (including phenoxy) is 3. The van der Waals surface area contributed by atoms with Gasteiger partial charge in [0.15, 0.2) is 17.2 Å². The third kappa shape index (κ3) is 4.29. The van der Waals surface area contributed by atoms with Gasteiger partial charge in [-0.1, -0.05) is 37.6 Å². The molecule has 0 radical (unpaired) electrons. The van der Waals surface area contributed by atoms with Crippen LogP contribution in [0.2, 0.25) is 0 Å². The quantitative estimate of drug-likeness (QED) is 0.343. The van der Waals surface area contributed by atoms with Crippen LogP contribution < -0.4 is 19.8 Å². The molecule has 0 spiro atoms. The van der Waals surface area contributed by atoms with Gasteiger partial charge in [-0.25, -0.2) is 0 Å². The molecule has 0 N–H and O–H groups in total. The van der Waals surface area contributed by atoms with Gasteiger partial charge in [0.05, 0.1) is 17.3 Å². The predicted octanol–water partition coefficient (Wildman–Crippen LogP) is 4.71. The second kappa shape index (κ2) is 10.3. The van der Waals surface area contributed by atoms with Crippen LogP contribution in [0.4, 0.5) is 0 Å². The van der Waals surface area contributed by atoms with E-state index in [4.69, 9.17) is 14.2 Å². The van der Waals surface area contributed by atoms with Gasteiger partial charge in [-0.2, -0.15) is 0 Å². The summed E-state index contributed by atoms with van der Waals surface area (Å²) in [5.74, 6) is 1.90. The molecule has 0 bridgehead atoms. The molecule has 2 aliphatic heterocycles. The van der Waals surface area contributed by atoms with Gasteiger partial charge in [0.25, 0.3) is 11.5 Å². The fourth-order valence-corrected chi connectivity index (χ4v) is 6.63. The highest BCUT2D eigenvalue weighted by molar-refractivity contribution is 7.22. The first-order valence-corrected chi connectivity index (χ1v) is 13.9. The Kier molecular flexibility index (Phi) is 6.71. The van der Waals surface area contributed by atoms with Crippen LogP contribution in [0.25, 0.3) is 21.0 Å². The SMILES string of the molecule is CCCCn1c(=O)c2c(OC)c(C(=O)N3CCN(Cc4ccc5c(c4)OCO5)CC3)sc2c2ccccc21. The second-order valence-corrected chi connectivity index (χ2v) is 10.8. The topological polar surface area (TPSA) is 73.2 Å². The Morgan fingerprint density at radius 2 is 1.84 bits per heavy atom. The van der Waals surface area contributed by atoms with Crippen LogP contribution in [0, 0.1) is 0 Å². The van der Waals surface area contributed by atoms with Crippen molar-refractivity contribution in [3.05, 3.63) is 63.3 Å². The van der Waals surface area contributed by atoms with Gasteiger partial charge in [-0.05, 0) is 30.2 Å². The first-order chi connectivity index (χ1) is 18.6. The Hall–Kier alpha value is -3.56. The Morgan fingerprint density at radius 1 is 1.05 bits per heavy atom. The van der Waals surface area contributed by atoms with Crippen molar-refractivity contribution in [1.29, 1.82) is 0 Å². The Labute approximate surface area is 224 Å². The summed E-state index contributed by atoms with van der Waals surface area (Å²) in [5.41, 5.74) is 1.97. The molecular formula is C29H31N3O5S. The molecule has 1 amide bonds. The van der Waals surface area contributed by atoms with E-state index < -0.39 is 0 Å². The smallest absolute Gasteiger partial charge is 0.267 e. The number of amides is 1. The molecule has 2 aromatic heterocycles. The van der Waals surface area contributed by atoms with E-state index >= 15 is 0 Å². The van der Waals surface area contributed by atoms with E-state index in [0.29, 0.717) is 35.6 Å². The summed E-state index contributed by atoms with van der Waals surface area (Å²) in [6.45, 7) is 6.56. The van der Waals surface area contributed by atoms with Crippen LogP contribution in [-0.2, 0) is 13.1 Å². The highest BCUT2D eigenvalue weighted by atomic mass is 32.1. The zero-order chi connectivity index (χ0) is 26.2. The van der Waals surface area contributed by atoms with Crippen LogP contribution in [0.5, 0.6) is 17.2 Å². The number of piperazine rings is 1. The number of hydrogen-bond donors (Lipinski definition) is 0. The van der Waals surface area contributed by atoms with Crippen molar-refractivity contribution < 1.29 is 19.0 Å². The van der Waals surface area contributed by atoms with E-state index in [0.717, 1.165) is 65.1 Å². The normalized spacial score (nSPS) is 15.5. The molecule has 4 heterocycles. The predicted molar refractivity (Wildman–Crippen MR) is 149 cm³/mol. The molecule has 1 fully saturated rings. The van der Waals surface area contributed by atoms with Crippen LogP contribution in [0.1, 0.15) is 35.0 Å². The van der Waals surface area contributed by atoms with E-state index in [-0.39, 0.29) is 18.3 Å². The van der Waals surface area contributed by atoms with Crippen molar-refractivity contribution in [1.82, 2.24) is 14.4 Å². The molecule has 0 saturated carbocycles. The fraction of sp³-hybridized carbons (Fsp3) is 0.379. The summed E-state index contributed by atoms with van der Waals surface area (Å²) in [6.07, 6.45) is 1.90. The third-order valence-electron chi connectivity index (χ3n) is 7.40. The van der Waals surface area contributed by atoms with Crippen molar-refractivity contribution in [2.75, 3.05) is 40.1 Å². The maximum atomic E-state index is 13.7. The summed E-state index contributed by atoms with van der Waals surface area (Å²) in [4.78, 5) is 32.1. The molecule has 4 aromatic rings. The molecule has 6 rings (SSSR count). The number of rotatable bonds is 7. The van der Waals surface area contributed by atoms with E-state index in [1.807, 2.05) is 45.9 Å². The average molecular weight is 534 g/mol. The molecule has 2 aliphatic rings. The average Bonchev–Trinajstić information content (AvgIpc) is 3.58. The number of carbonyl (C=O) groups is 1. The van der Waals surface area contributed by atoms with E-state index in [1.54, 1.807) is 7.11 Å². The van der Waals surface area contributed by atoms with Gasteiger partial charge in [0, 0.05) is 44.7 Å². The van der Waals surface area contributed by atoms with Gasteiger partial charge in [0.2, 0.25) is 6.79 Å². The number of fused-ring (bicyclic) bond motifs is 4. The van der Waals surface area contributed by atoms with Crippen molar-refractivity contribution in [2.24, 2.45) is 0 Å². The molecule has 0 aliphatic carbocycles. The van der Waals surface area contributed by atoms with Crippen LogP contribution in [-0.4, -0.2) is 60.4 Å². The van der Waals surface area contributed by atoms with Crippen molar-refractivity contribution in [3.63, 3.8) is 0 Å². The lowest BCUT2D eigenvalue weighted by Crippen LogP contribution is -2.48. The van der Waals surface area contributed by atoms with Gasteiger partial charge >= 0.3 is 0 Å². The number of pyridine rings is 1. The highest BCUT2D eigenvalue weighted by Crippen LogP contribution is 2.40. The maximum absolute atomic E-state index is 13.7. The minimum absolute atomic E-state index is 0.0747. The second-order valence-electron chi connectivity index (χ2n) is 9.75. The number of hydrogen-bond acceptors (Lipinski definition) is 7. The Morgan fingerprint density at radius 3 is 2.63 bits per heavy atom. The zero-order valence-corrected chi connectivity index (χ0v) is 22.5. The number of aryl methyl sites for hydroxylation is 1. The number of aromatic nitrogens is 1. The van der Waals surface area contributed by atoms with Crippen LogP contribution in [0.15, 0.2) is 47.3 Å². The summed E-state index contributed by atoms with van der Waals surface area (Å²) in [5, 5.41) is 1.49. The van der Waals surface area contributed by atoms with Crippen molar-refractivity contribution in [3.8, 4) is 17.2 Å². The lowest BCUT2D eigenvalue weighted by molar-refractivity contribution is 0.0630. The van der Waals surface area contributed by atoms with Crippen molar-refractivity contribution in [2.45, 2.75) is 32.9 Å². The molecular weight excluding hydrogens is 502 g/mol. The lowest BCUT2D eigenvalue weighted by Gasteiger charge is -2.34. The zero-order valence-electron chi connectivity index (χ0n) is 21.7. The number of carbonyl (C=O) groups excluding carboxylic acids is 1. The number of para-hydroxylation sites is 1. The molecule has 198 valence electrons. The van der Waals surface area contributed by atoms with Gasteiger partial charge in [0.1, 0.15) is 10.3 Å². The minimum atomic E-state index is -0.0900. The molecule has 0 atom stereocenters. The first kappa shape index (κ1) is 24.8. The summed E-state index contributed by atoms with van der Waals surface area (Å²) in [7, 11) is 1.55. The largest absolute Gasteiger partial charge is 0.494 e. The number of nitrogens with zero attached hydrogens (tertiary/aromatic N) is 3. The van der Waals surface area contributed by atoms with Gasteiger partial charge in [-0.3, -0.25) is 14.5 Å². The minimum Gasteiger partial charge on any atom is -0.494 e. The molecule has 1 saturated heterocycles. The van der Waals surface area contributed by atoms with Crippen LogP contribution in [0.3, 0.4) is 0 Å². The first-order valence-electron chi connectivity index (χ1n) is 13.1. The maximum Gasteiger partial charge on any atom is 0.267 e. The summed E-state index contributed by atoms with van der Waals surface area (Å²) in [6, 6.07) is 14.0. The highest BCUT2D eigenvalue weighted by Gasteiger charge is 2.30. The monoisotopic (exact) mass is 533 g/mol. The van der Waals surface area contributed by atoms with E-state index in [1.165, 1.54) is 11.3 Å². The van der Waals surface area contributed by atoms with E-state index in [9.17, 15) is 9.59 Å². The molecule has 38 heavy (non-hydrogen) atoms. The standard InChI is InChI=1S/C29H31N3O5S/c1-3-4-11-32-21-8-6-5-7-20(21)26-24(28(32)33)25(35-2)27(38-26)29(34)31-14-12-30(13-15-31)17-19-9-10-22-23(16-19)37-18-36-22/h5-10,16H,3-4,11-15,17-18H2,1-2H3. The summed E-state index contributed by atoms with van der Waals surface area (Å²) >= 11 is 1.37. The number of thiophene rings is 1. The summed E-state index contributed by atoms with van der Waals surface area (Å²) < 4.78 is 19.3. The van der Waals surface area contributed by atoms with Crippen LogP contribution >= 0.6 is 11.3 Å².